The van der Waals surface area contributed by atoms with Crippen LogP contribution in [0.4, 0.5) is 10.1 Å². The maximum Gasteiger partial charge on any atom is 0.229 e. The number of aliphatic hydroxyl groups is 1. The molecule has 0 amide bonds. The van der Waals surface area contributed by atoms with Crippen LogP contribution in [0.15, 0.2) is 18.2 Å². The second-order valence-electron chi connectivity index (χ2n) is 3.36. The summed E-state index contributed by atoms with van der Waals surface area (Å²) in [5.74, 6) is -0.628. The molecule has 7 heteroatoms. The Hall–Kier alpha value is -1.18. The van der Waals surface area contributed by atoms with E-state index in [2.05, 4.69) is 4.72 Å². The number of aliphatic hydroxyl groups excluding tert-OH is 1. The smallest absolute Gasteiger partial charge is 0.229 e. The Bertz CT molecular complexity index is 476. The van der Waals surface area contributed by atoms with E-state index in [1.165, 1.54) is 12.1 Å². The van der Waals surface area contributed by atoms with Crippen molar-refractivity contribution in [2.75, 3.05) is 17.5 Å². The molecule has 90 valence electrons. The van der Waals surface area contributed by atoms with Crippen molar-refractivity contribution in [1.82, 2.24) is 0 Å². The van der Waals surface area contributed by atoms with Crippen molar-refractivity contribution in [2.45, 2.75) is 6.10 Å². The number of nitrogens with one attached hydrogen (secondary N) is 1. The highest BCUT2D eigenvalue weighted by molar-refractivity contribution is 7.92. The van der Waals surface area contributed by atoms with Crippen LogP contribution in [-0.2, 0) is 10.0 Å². The molecule has 1 aromatic rings. The SMILES string of the molecule is CS(=O)(=O)Nc1ccc(F)c([C@@H](O)[14CH2]N)c1. The summed E-state index contributed by atoms with van der Waals surface area (Å²) in [6, 6.07) is 3.55. The minimum absolute atomic E-state index is 0.0313. The van der Waals surface area contributed by atoms with Crippen LogP contribution >= 0.6 is 0 Å². The van der Waals surface area contributed by atoms with E-state index in [1.807, 2.05) is 0 Å². The summed E-state index contributed by atoms with van der Waals surface area (Å²) in [5, 5.41) is 9.39. The molecule has 0 aromatic heterocycles. The highest BCUT2D eigenvalue weighted by atomic mass is 32.2. The average Bonchev–Trinajstić information content (AvgIpc) is 2.18. The van der Waals surface area contributed by atoms with Crippen molar-refractivity contribution in [3.05, 3.63) is 29.6 Å². The fraction of sp³-hybridized carbons (Fsp3) is 0.333. The first kappa shape index (κ1) is 12.9. The van der Waals surface area contributed by atoms with Gasteiger partial charge in [0, 0.05) is 17.8 Å². The molecule has 1 atom stereocenters. The third-order valence-corrected chi connectivity index (χ3v) is 2.49. The Morgan fingerprint density at radius 2 is 2.19 bits per heavy atom. The lowest BCUT2D eigenvalue weighted by molar-refractivity contribution is 0.182. The summed E-state index contributed by atoms with van der Waals surface area (Å²) in [4.78, 5) is 0. The van der Waals surface area contributed by atoms with E-state index in [1.54, 1.807) is 0 Å². The maximum absolute atomic E-state index is 13.2. The summed E-state index contributed by atoms with van der Waals surface area (Å²) in [6.45, 7) is -0.140. The highest BCUT2D eigenvalue weighted by Gasteiger charge is 2.13. The first-order valence-electron chi connectivity index (χ1n) is 4.49. The van der Waals surface area contributed by atoms with E-state index in [9.17, 15) is 17.9 Å². The van der Waals surface area contributed by atoms with Crippen molar-refractivity contribution < 1.29 is 17.9 Å². The van der Waals surface area contributed by atoms with Gasteiger partial charge < -0.3 is 10.8 Å². The standard InChI is InChI=1S/C9H13FN2O3S/c1-16(14,15)12-6-2-3-8(10)7(4-6)9(13)5-11/h2-4,9,12-13H,5,11H2,1H3/t9-/m0/s1/i5+2. The fourth-order valence-electron chi connectivity index (χ4n) is 1.20. The highest BCUT2D eigenvalue weighted by Crippen LogP contribution is 2.21. The predicted molar refractivity (Wildman–Crippen MR) is 58.9 cm³/mol. The van der Waals surface area contributed by atoms with Gasteiger partial charge in [-0.3, -0.25) is 4.72 Å². The Morgan fingerprint density at radius 1 is 1.56 bits per heavy atom. The van der Waals surface area contributed by atoms with Crippen molar-refractivity contribution in [3.63, 3.8) is 0 Å². The average molecular weight is 250 g/mol. The molecular weight excluding hydrogens is 237 g/mol. The van der Waals surface area contributed by atoms with Gasteiger partial charge in [-0.2, -0.15) is 0 Å². The largest absolute Gasteiger partial charge is 0.387 e. The zero-order valence-corrected chi connectivity index (χ0v) is 9.46. The molecule has 0 unspecified atom stereocenters. The Morgan fingerprint density at radius 3 is 2.69 bits per heavy atom. The van der Waals surface area contributed by atoms with Gasteiger partial charge in [-0.1, -0.05) is 0 Å². The molecule has 5 nitrogen and oxygen atoms in total. The van der Waals surface area contributed by atoms with Crippen LogP contribution in [0, 0.1) is 5.82 Å². The quantitative estimate of drug-likeness (QED) is 0.711. The van der Waals surface area contributed by atoms with E-state index < -0.39 is 21.9 Å². The third kappa shape index (κ3) is 3.44. The Kier molecular flexibility index (Phi) is 3.84. The van der Waals surface area contributed by atoms with Crippen LogP contribution in [0.3, 0.4) is 0 Å². The summed E-state index contributed by atoms with van der Waals surface area (Å²) in [7, 11) is -3.42. The summed E-state index contributed by atoms with van der Waals surface area (Å²) < 4.78 is 37.3. The maximum atomic E-state index is 13.2. The number of benzene rings is 1. The number of halogens is 1. The number of hydrogen-bond acceptors (Lipinski definition) is 4. The van der Waals surface area contributed by atoms with Crippen molar-refractivity contribution in [3.8, 4) is 0 Å². The minimum Gasteiger partial charge on any atom is -0.387 e. The third-order valence-electron chi connectivity index (χ3n) is 1.88. The Balaban J connectivity index is 3.07. The van der Waals surface area contributed by atoms with Gasteiger partial charge in [0.25, 0.3) is 0 Å². The molecule has 0 saturated carbocycles. The molecule has 16 heavy (non-hydrogen) atoms. The zero-order valence-electron chi connectivity index (χ0n) is 8.64. The molecule has 0 aliphatic rings. The molecule has 0 saturated heterocycles. The minimum atomic E-state index is -3.42. The molecule has 1 aromatic carbocycles. The lowest BCUT2D eigenvalue weighted by Crippen LogP contribution is -2.14. The molecule has 0 bridgehead atoms. The fourth-order valence-corrected chi connectivity index (χ4v) is 1.76. The van der Waals surface area contributed by atoms with Crippen LogP contribution in [0.2, 0.25) is 0 Å². The van der Waals surface area contributed by atoms with E-state index >= 15 is 0 Å². The van der Waals surface area contributed by atoms with Gasteiger partial charge in [-0.15, -0.1) is 0 Å². The monoisotopic (exact) mass is 250 g/mol. The van der Waals surface area contributed by atoms with Gasteiger partial charge in [0.05, 0.1) is 12.4 Å². The molecule has 0 spiro atoms. The second kappa shape index (κ2) is 4.77. The molecule has 4 N–H and O–H groups in total. The van der Waals surface area contributed by atoms with E-state index in [0.29, 0.717) is 0 Å². The van der Waals surface area contributed by atoms with Crippen molar-refractivity contribution in [2.24, 2.45) is 5.73 Å². The van der Waals surface area contributed by atoms with Crippen LogP contribution in [-0.4, -0.2) is 26.3 Å². The van der Waals surface area contributed by atoms with E-state index in [0.717, 1.165) is 12.3 Å². The van der Waals surface area contributed by atoms with E-state index in [-0.39, 0.29) is 17.8 Å². The first-order valence-corrected chi connectivity index (χ1v) is 6.38. The number of anilines is 1. The summed E-state index contributed by atoms with van der Waals surface area (Å²) >= 11 is 0. The van der Waals surface area contributed by atoms with Gasteiger partial charge in [0.1, 0.15) is 5.82 Å². The van der Waals surface area contributed by atoms with Gasteiger partial charge in [-0.05, 0) is 18.2 Å². The van der Waals surface area contributed by atoms with E-state index in [4.69, 9.17) is 5.73 Å². The summed E-state index contributed by atoms with van der Waals surface area (Å²) in [6.07, 6.45) is -0.170. The van der Waals surface area contributed by atoms with Gasteiger partial charge in [0.2, 0.25) is 10.0 Å². The number of sulfonamides is 1. The number of hydrogen-bond donors (Lipinski definition) is 3. The summed E-state index contributed by atoms with van der Waals surface area (Å²) in [5.41, 5.74) is 5.35. The normalized spacial score (nSPS) is 13.5. The molecule has 0 radical (unpaired) electrons. The van der Waals surface area contributed by atoms with Crippen molar-refractivity contribution in [1.29, 1.82) is 0 Å². The lowest BCUT2D eigenvalue weighted by Gasteiger charge is -2.11. The lowest BCUT2D eigenvalue weighted by atomic mass is 10.1. The molecule has 1 rings (SSSR count). The molecule has 0 heterocycles. The predicted octanol–water partition coefficient (Wildman–Crippen LogP) is 0.189. The van der Waals surface area contributed by atoms with Crippen LogP contribution in [0.1, 0.15) is 11.7 Å². The topological polar surface area (TPSA) is 92.4 Å². The van der Waals surface area contributed by atoms with Crippen LogP contribution in [0.25, 0.3) is 0 Å². The Labute approximate surface area is 93.1 Å². The molecular formula is C9H13FN2O3S. The number of rotatable bonds is 4. The van der Waals surface area contributed by atoms with Crippen LogP contribution < -0.4 is 10.5 Å². The molecule has 0 aliphatic heterocycles. The van der Waals surface area contributed by atoms with Gasteiger partial charge in [-0.25, -0.2) is 12.8 Å². The number of nitrogens with two attached hydrogens (primary N) is 1. The second-order valence-corrected chi connectivity index (χ2v) is 5.11. The van der Waals surface area contributed by atoms with Crippen LogP contribution in [0.5, 0.6) is 0 Å². The first-order chi connectivity index (χ1) is 7.33. The molecule has 0 fully saturated rings. The van der Waals surface area contributed by atoms with Gasteiger partial charge >= 0.3 is 0 Å². The molecule has 0 aliphatic carbocycles. The van der Waals surface area contributed by atoms with Crippen molar-refractivity contribution >= 4 is 15.7 Å². The van der Waals surface area contributed by atoms with Gasteiger partial charge in [0.15, 0.2) is 0 Å². The zero-order chi connectivity index (χ0) is 12.3.